The van der Waals surface area contributed by atoms with E-state index in [0.29, 0.717) is 12.6 Å². The van der Waals surface area contributed by atoms with Gasteiger partial charge in [0.25, 0.3) is 0 Å². The van der Waals surface area contributed by atoms with Crippen LogP contribution >= 0.6 is 0 Å². The van der Waals surface area contributed by atoms with E-state index < -0.39 is 0 Å². The summed E-state index contributed by atoms with van der Waals surface area (Å²) in [6, 6.07) is 0. The smallest absolute Gasteiger partial charge is 0.215 e. The summed E-state index contributed by atoms with van der Waals surface area (Å²) in [5.41, 5.74) is 0. The van der Waals surface area contributed by atoms with Crippen LogP contribution in [0.5, 0.6) is 0 Å². The molecule has 1 rings (SSSR count). The van der Waals surface area contributed by atoms with Gasteiger partial charge in [0, 0.05) is 7.05 Å². The van der Waals surface area contributed by atoms with Gasteiger partial charge in [-0.1, -0.05) is 0 Å². The topological polar surface area (TPSA) is 34.1 Å². The summed E-state index contributed by atoms with van der Waals surface area (Å²) in [6.45, 7) is 0.586. The minimum atomic E-state index is 0.586. The molecule has 0 spiro atoms. The highest BCUT2D eigenvalue weighted by molar-refractivity contribution is 5.88. The van der Waals surface area contributed by atoms with E-state index in [0.717, 1.165) is 5.88 Å². The normalized spacial score (nSPS) is 17.2. The van der Waals surface area contributed by atoms with Gasteiger partial charge in [0.15, 0.2) is 5.88 Å². The van der Waals surface area contributed by atoms with Crippen molar-refractivity contribution >= 4 is 5.90 Å². The molecule has 1 aliphatic rings. The molecule has 62 valence electrons. The Hall–Kier alpha value is -1.19. The van der Waals surface area contributed by atoms with Crippen LogP contribution in [0.25, 0.3) is 0 Å². The third kappa shape index (κ3) is 1.63. The molecule has 0 atom stereocenters. The molecule has 0 saturated carbocycles. The summed E-state index contributed by atoms with van der Waals surface area (Å²) in [4.78, 5) is 5.98. The van der Waals surface area contributed by atoms with Crippen LogP contribution < -0.4 is 0 Å². The molecule has 11 heavy (non-hydrogen) atoms. The van der Waals surface area contributed by atoms with E-state index >= 15 is 0 Å². The Morgan fingerprint density at radius 3 is 2.73 bits per heavy atom. The summed E-state index contributed by atoms with van der Waals surface area (Å²) >= 11 is 0. The molecule has 0 N–H and O–H groups in total. The first-order chi connectivity index (χ1) is 5.27. The van der Waals surface area contributed by atoms with Gasteiger partial charge in [0.2, 0.25) is 5.90 Å². The molecule has 0 aliphatic carbocycles. The second-order valence-corrected chi connectivity index (χ2v) is 2.23. The molecule has 0 aromatic rings. The van der Waals surface area contributed by atoms with Gasteiger partial charge in [-0.2, -0.15) is 0 Å². The minimum Gasteiger partial charge on any atom is -0.482 e. The first-order valence-corrected chi connectivity index (χ1v) is 3.33. The van der Waals surface area contributed by atoms with E-state index in [1.807, 2.05) is 11.9 Å². The second-order valence-electron chi connectivity index (χ2n) is 2.23. The van der Waals surface area contributed by atoms with Gasteiger partial charge < -0.3 is 14.4 Å². The van der Waals surface area contributed by atoms with Crippen molar-refractivity contribution in [2.75, 3.05) is 27.9 Å². The van der Waals surface area contributed by atoms with Crippen molar-refractivity contribution in [2.45, 2.75) is 0 Å². The highest BCUT2D eigenvalue weighted by Crippen LogP contribution is 2.07. The highest BCUT2D eigenvalue weighted by atomic mass is 16.5. The number of aliphatic imine (C=N–C) groups is 1. The molecule has 1 aliphatic heterocycles. The Labute approximate surface area is 66.1 Å². The molecule has 0 radical (unpaired) electrons. The van der Waals surface area contributed by atoms with Crippen molar-refractivity contribution in [1.82, 2.24) is 4.90 Å². The molecule has 1 heterocycles. The Bertz CT molecular complexity index is 199. The fraction of sp³-hybridized carbons (Fsp3) is 0.571. The summed E-state index contributed by atoms with van der Waals surface area (Å²) in [5, 5.41) is 0. The van der Waals surface area contributed by atoms with E-state index in [-0.39, 0.29) is 0 Å². The molecule has 4 heteroatoms. The lowest BCUT2D eigenvalue weighted by molar-refractivity contribution is 0.172. The number of hydrogen-bond acceptors (Lipinski definition) is 4. The van der Waals surface area contributed by atoms with E-state index in [1.165, 1.54) is 0 Å². The largest absolute Gasteiger partial charge is 0.482 e. The maximum Gasteiger partial charge on any atom is 0.215 e. The van der Waals surface area contributed by atoms with Crippen LogP contribution in [-0.4, -0.2) is 38.7 Å². The standard InChI is InChI=1S/C7H12N2O2/c1-9-5-8-6(10-2)4-7(9)11-3/h4H,5H2,1-3H3. The number of rotatable bonds is 1. The van der Waals surface area contributed by atoms with Gasteiger partial charge in [-0.05, 0) is 0 Å². The lowest BCUT2D eigenvalue weighted by Gasteiger charge is -2.22. The molecule has 0 bridgehead atoms. The van der Waals surface area contributed by atoms with E-state index in [1.54, 1.807) is 20.3 Å². The van der Waals surface area contributed by atoms with E-state index in [4.69, 9.17) is 9.47 Å². The van der Waals surface area contributed by atoms with Crippen molar-refractivity contribution in [1.29, 1.82) is 0 Å². The highest BCUT2D eigenvalue weighted by Gasteiger charge is 2.10. The van der Waals surface area contributed by atoms with Gasteiger partial charge in [-0.3, -0.25) is 0 Å². The fourth-order valence-electron chi connectivity index (χ4n) is 0.845. The van der Waals surface area contributed by atoms with Crippen molar-refractivity contribution in [3.8, 4) is 0 Å². The van der Waals surface area contributed by atoms with Crippen LogP contribution in [0.15, 0.2) is 17.0 Å². The number of hydrogen-bond donors (Lipinski definition) is 0. The minimum absolute atomic E-state index is 0.586. The first-order valence-electron chi connectivity index (χ1n) is 3.33. The zero-order valence-corrected chi connectivity index (χ0v) is 7.00. The summed E-state index contributed by atoms with van der Waals surface area (Å²) in [7, 11) is 5.13. The van der Waals surface area contributed by atoms with Crippen LogP contribution in [0.4, 0.5) is 0 Å². The number of nitrogens with zero attached hydrogens (tertiary/aromatic N) is 2. The molecule has 0 fully saturated rings. The van der Waals surface area contributed by atoms with Gasteiger partial charge in [-0.25, -0.2) is 4.99 Å². The van der Waals surface area contributed by atoms with Crippen LogP contribution in [0.2, 0.25) is 0 Å². The Morgan fingerprint density at radius 2 is 2.18 bits per heavy atom. The lowest BCUT2D eigenvalue weighted by Crippen LogP contribution is -2.25. The molecule has 0 aromatic carbocycles. The number of methoxy groups -OCH3 is 2. The van der Waals surface area contributed by atoms with Crippen LogP contribution in [-0.2, 0) is 9.47 Å². The maximum absolute atomic E-state index is 5.06. The third-order valence-corrected chi connectivity index (χ3v) is 1.48. The lowest BCUT2D eigenvalue weighted by atomic mass is 10.5. The van der Waals surface area contributed by atoms with Gasteiger partial charge in [-0.15, -0.1) is 0 Å². The van der Waals surface area contributed by atoms with E-state index in [2.05, 4.69) is 4.99 Å². The number of ether oxygens (including phenoxy) is 2. The van der Waals surface area contributed by atoms with Gasteiger partial charge >= 0.3 is 0 Å². The predicted molar refractivity (Wildman–Crippen MR) is 42.2 cm³/mol. The maximum atomic E-state index is 5.06. The van der Waals surface area contributed by atoms with Crippen LogP contribution in [0, 0.1) is 0 Å². The van der Waals surface area contributed by atoms with Crippen molar-refractivity contribution in [2.24, 2.45) is 4.99 Å². The molecular formula is C7H12N2O2. The Morgan fingerprint density at radius 1 is 1.45 bits per heavy atom. The van der Waals surface area contributed by atoms with Crippen LogP contribution in [0.1, 0.15) is 0 Å². The van der Waals surface area contributed by atoms with Crippen molar-refractivity contribution < 1.29 is 9.47 Å². The third-order valence-electron chi connectivity index (χ3n) is 1.48. The predicted octanol–water partition coefficient (Wildman–Crippen LogP) is 0.422. The average molecular weight is 156 g/mol. The average Bonchev–Trinajstić information content (AvgIpc) is 2.05. The fourth-order valence-corrected chi connectivity index (χ4v) is 0.845. The molecule has 4 nitrogen and oxygen atoms in total. The SMILES string of the molecule is COC1=CC(OC)=NCN1C. The summed E-state index contributed by atoms with van der Waals surface area (Å²) < 4.78 is 10.0. The van der Waals surface area contributed by atoms with Crippen LogP contribution in [0.3, 0.4) is 0 Å². The van der Waals surface area contributed by atoms with Gasteiger partial charge in [0.1, 0.15) is 6.67 Å². The zero-order chi connectivity index (χ0) is 8.27. The Balaban J connectivity index is 2.71. The zero-order valence-electron chi connectivity index (χ0n) is 7.00. The molecular weight excluding hydrogens is 144 g/mol. The monoisotopic (exact) mass is 156 g/mol. The summed E-state index contributed by atoms with van der Waals surface area (Å²) in [5.74, 6) is 1.39. The van der Waals surface area contributed by atoms with Crippen molar-refractivity contribution in [3.05, 3.63) is 12.0 Å². The molecule has 0 saturated heterocycles. The van der Waals surface area contributed by atoms with E-state index in [9.17, 15) is 0 Å². The quantitative estimate of drug-likeness (QED) is 0.552. The Kier molecular flexibility index (Phi) is 2.36. The first kappa shape index (κ1) is 7.91. The molecule has 0 aromatic heterocycles. The molecule has 0 unspecified atom stereocenters. The molecule has 0 amide bonds. The van der Waals surface area contributed by atoms with Crippen molar-refractivity contribution in [3.63, 3.8) is 0 Å². The van der Waals surface area contributed by atoms with Gasteiger partial charge in [0.05, 0.1) is 20.3 Å². The summed E-state index contributed by atoms with van der Waals surface area (Å²) in [6.07, 6.45) is 1.75. The second kappa shape index (κ2) is 3.27.